The number of likely N-dealkylation sites (tertiary alicyclic amines) is 1. The first-order chi connectivity index (χ1) is 13.4. The number of fused-ring (bicyclic) bond motifs is 1. The van der Waals surface area contributed by atoms with Crippen molar-refractivity contribution in [3.8, 4) is 6.07 Å². The number of allylic oxidation sites excluding steroid dienone is 3. The highest BCUT2D eigenvalue weighted by Gasteiger charge is 2.41. The number of aromatic nitrogens is 2. The minimum atomic E-state index is -3.67. The summed E-state index contributed by atoms with van der Waals surface area (Å²) in [6.45, 7) is 5.35. The Hall–Kier alpha value is -3.06. The Morgan fingerprint density at radius 1 is 1.38 bits per heavy atom. The summed E-state index contributed by atoms with van der Waals surface area (Å²) >= 11 is 0. The third kappa shape index (κ3) is 4.19. The average molecular weight is 416 g/mol. The lowest BCUT2D eigenvalue weighted by atomic mass is 9.89. The van der Waals surface area contributed by atoms with Crippen LogP contribution in [0.1, 0.15) is 38.4 Å². The normalized spacial score (nSPS) is 19.2. The highest BCUT2D eigenvalue weighted by Crippen LogP contribution is 2.36. The molecule has 0 N–H and O–H groups in total. The maximum Gasteiger partial charge on any atom is 0.417 e. The first-order valence-corrected chi connectivity index (χ1v) is 10.7. The molecule has 1 aliphatic heterocycles. The largest absolute Gasteiger partial charge is 0.443 e. The van der Waals surface area contributed by atoms with Gasteiger partial charge in [-0.05, 0) is 38.8 Å². The van der Waals surface area contributed by atoms with Crippen molar-refractivity contribution >= 4 is 27.4 Å². The quantitative estimate of drug-likeness (QED) is 0.668. The van der Waals surface area contributed by atoms with Crippen molar-refractivity contribution in [2.24, 2.45) is 5.92 Å². The van der Waals surface area contributed by atoms with Gasteiger partial charge in [-0.1, -0.05) is 6.08 Å². The van der Waals surface area contributed by atoms with Gasteiger partial charge < -0.3 is 4.74 Å². The zero-order valence-electron chi connectivity index (χ0n) is 16.5. The lowest BCUT2D eigenvalue weighted by Gasteiger charge is -2.23. The van der Waals surface area contributed by atoms with Gasteiger partial charge in [-0.15, -0.1) is 0 Å². The fourth-order valence-corrected chi connectivity index (χ4v) is 3.60. The van der Waals surface area contributed by atoms with Crippen LogP contribution in [0.2, 0.25) is 0 Å². The number of hydrogen-bond acceptors (Lipinski definition) is 8. The smallest absolute Gasteiger partial charge is 0.417 e. The predicted molar refractivity (Wildman–Crippen MR) is 102 cm³/mol. The molecule has 0 bridgehead atoms. The van der Waals surface area contributed by atoms with Crippen LogP contribution >= 0.6 is 0 Å². The van der Waals surface area contributed by atoms with Crippen LogP contribution in [-0.4, -0.2) is 53.7 Å². The number of carbonyl (C=O) groups excluding carboxylic acids is 2. The van der Waals surface area contributed by atoms with Crippen LogP contribution < -0.4 is 0 Å². The number of ether oxygens (including phenoxy) is 1. The van der Waals surface area contributed by atoms with Crippen LogP contribution in [0.5, 0.6) is 0 Å². The third-order valence-corrected chi connectivity index (χ3v) is 5.23. The molecule has 152 valence electrons. The first-order valence-electron chi connectivity index (χ1n) is 8.85. The van der Waals surface area contributed by atoms with Gasteiger partial charge in [-0.3, -0.25) is 4.79 Å². The van der Waals surface area contributed by atoms with Gasteiger partial charge in [0.05, 0.1) is 17.5 Å². The highest BCUT2D eigenvalue weighted by atomic mass is 32.2. The number of hydrogen-bond donors (Lipinski definition) is 0. The van der Waals surface area contributed by atoms with E-state index in [1.54, 1.807) is 32.9 Å². The Morgan fingerprint density at radius 2 is 2.07 bits per heavy atom. The summed E-state index contributed by atoms with van der Waals surface area (Å²) in [5.41, 5.74) is 0.343. The summed E-state index contributed by atoms with van der Waals surface area (Å²) in [5.74, 6) is -0.661. The Balaban J connectivity index is 1.95. The second-order valence-corrected chi connectivity index (χ2v) is 9.80. The molecule has 2 amide bonds. The summed E-state index contributed by atoms with van der Waals surface area (Å²) in [4.78, 5) is 33.9. The van der Waals surface area contributed by atoms with Crippen molar-refractivity contribution in [3.63, 3.8) is 0 Å². The van der Waals surface area contributed by atoms with E-state index in [4.69, 9.17) is 4.74 Å². The second kappa shape index (κ2) is 7.08. The number of rotatable bonds is 2. The van der Waals surface area contributed by atoms with Crippen molar-refractivity contribution in [2.75, 3.05) is 12.8 Å². The van der Waals surface area contributed by atoms with Crippen molar-refractivity contribution in [3.05, 3.63) is 35.2 Å². The molecular formula is C19H20N4O5S. The number of sulfone groups is 1. The monoisotopic (exact) mass is 416 g/mol. The fraction of sp³-hybridized carbons (Fsp3) is 0.421. The molecule has 29 heavy (non-hydrogen) atoms. The molecule has 1 fully saturated rings. The maximum atomic E-state index is 12.8. The van der Waals surface area contributed by atoms with Crippen molar-refractivity contribution in [2.45, 2.75) is 37.9 Å². The Labute approximate surface area is 168 Å². The van der Waals surface area contributed by atoms with Crippen LogP contribution in [0.3, 0.4) is 0 Å². The number of nitriles is 1. The molecule has 10 heteroatoms. The van der Waals surface area contributed by atoms with Gasteiger partial charge in [-0.2, -0.15) is 5.26 Å². The zero-order chi connectivity index (χ0) is 21.6. The van der Waals surface area contributed by atoms with E-state index in [1.165, 1.54) is 0 Å². The molecule has 0 saturated carbocycles. The maximum absolute atomic E-state index is 12.8. The lowest BCUT2D eigenvalue weighted by molar-refractivity contribution is -0.124. The second-order valence-electron chi connectivity index (χ2n) is 7.89. The van der Waals surface area contributed by atoms with E-state index in [0.29, 0.717) is 17.6 Å². The molecule has 3 rings (SSSR count). The fourth-order valence-electron chi connectivity index (χ4n) is 3.09. The molecule has 9 nitrogen and oxygen atoms in total. The number of imide groups is 1. The molecule has 0 radical (unpaired) electrons. The van der Waals surface area contributed by atoms with Crippen LogP contribution in [0, 0.1) is 17.2 Å². The Bertz CT molecular complexity index is 1110. The van der Waals surface area contributed by atoms with E-state index >= 15 is 0 Å². The van der Waals surface area contributed by atoms with Crippen molar-refractivity contribution in [1.82, 2.24) is 14.9 Å². The van der Waals surface area contributed by atoms with Gasteiger partial charge in [0.15, 0.2) is 0 Å². The third-order valence-electron chi connectivity index (χ3n) is 4.37. The minimum Gasteiger partial charge on any atom is -0.443 e. The van der Waals surface area contributed by atoms with E-state index < -0.39 is 32.6 Å². The zero-order valence-corrected chi connectivity index (χ0v) is 17.3. The molecule has 1 aromatic heterocycles. The van der Waals surface area contributed by atoms with Gasteiger partial charge >= 0.3 is 6.09 Å². The molecule has 1 atom stereocenters. The number of nitrogens with zero attached hydrogens (tertiary/aromatic N) is 4. The lowest BCUT2D eigenvalue weighted by Crippen LogP contribution is -2.37. The van der Waals surface area contributed by atoms with Crippen LogP contribution in [0.4, 0.5) is 4.79 Å². The van der Waals surface area contributed by atoms with E-state index in [2.05, 4.69) is 9.97 Å². The predicted octanol–water partition coefficient (Wildman–Crippen LogP) is 1.86. The standard InChI is InChI=1S/C19H20N4O5S/c1-19(2,3)28-18(25)23-10-12-6-5-11(7-14(12)16(23)24)15-13(8-20)9-21-17(22-15)29(4,26)27/h5,7,9,12H,6,10H2,1-4H3. The number of amides is 2. The van der Waals surface area contributed by atoms with Gasteiger partial charge in [0.1, 0.15) is 11.7 Å². The van der Waals surface area contributed by atoms with E-state index in [9.17, 15) is 23.3 Å². The van der Waals surface area contributed by atoms with Crippen LogP contribution in [0.25, 0.3) is 5.57 Å². The molecule has 1 unspecified atom stereocenters. The average Bonchev–Trinajstić information content (AvgIpc) is 2.95. The van der Waals surface area contributed by atoms with Crippen molar-refractivity contribution in [1.29, 1.82) is 5.26 Å². The first kappa shape index (κ1) is 20.7. The van der Waals surface area contributed by atoms with E-state index in [0.717, 1.165) is 17.4 Å². The summed E-state index contributed by atoms with van der Waals surface area (Å²) in [6.07, 6.45) is 5.17. The van der Waals surface area contributed by atoms with E-state index in [-0.39, 0.29) is 23.7 Å². The molecule has 0 aromatic carbocycles. The molecule has 1 aliphatic carbocycles. The minimum absolute atomic E-state index is 0.0911. The molecule has 1 saturated heterocycles. The van der Waals surface area contributed by atoms with Gasteiger partial charge in [0.25, 0.3) is 5.91 Å². The van der Waals surface area contributed by atoms with Crippen LogP contribution in [-0.2, 0) is 19.4 Å². The summed E-state index contributed by atoms with van der Waals surface area (Å²) in [6, 6.07) is 1.94. The van der Waals surface area contributed by atoms with Crippen LogP contribution in [0.15, 0.2) is 29.1 Å². The Morgan fingerprint density at radius 3 is 2.66 bits per heavy atom. The van der Waals surface area contributed by atoms with Gasteiger partial charge in [0.2, 0.25) is 15.0 Å². The van der Waals surface area contributed by atoms with E-state index in [1.807, 2.05) is 6.07 Å². The summed E-state index contributed by atoms with van der Waals surface area (Å²) in [5, 5.41) is 8.94. The number of carbonyl (C=O) groups is 2. The molecular weight excluding hydrogens is 396 g/mol. The van der Waals surface area contributed by atoms with Gasteiger partial charge in [0, 0.05) is 24.3 Å². The Kier molecular flexibility index (Phi) is 5.04. The van der Waals surface area contributed by atoms with Crippen molar-refractivity contribution < 1.29 is 22.7 Å². The molecule has 1 aromatic rings. The topological polar surface area (TPSA) is 130 Å². The summed E-state index contributed by atoms with van der Waals surface area (Å²) in [7, 11) is -3.67. The molecule has 2 aliphatic rings. The highest BCUT2D eigenvalue weighted by molar-refractivity contribution is 7.90. The summed E-state index contributed by atoms with van der Waals surface area (Å²) < 4.78 is 28.8. The molecule has 0 spiro atoms. The SMILES string of the molecule is CC(C)(C)OC(=O)N1CC2CC=C(c3nc(S(C)(=O)=O)ncc3C#N)C=C2C1=O. The van der Waals surface area contributed by atoms with Gasteiger partial charge in [-0.25, -0.2) is 28.1 Å². The molecule has 2 heterocycles.